The second-order valence-electron chi connectivity index (χ2n) is 8.36. The van der Waals surface area contributed by atoms with Gasteiger partial charge in [-0.25, -0.2) is 4.98 Å². The van der Waals surface area contributed by atoms with Crippen LogP contribution in [0.3, 0.4) is 0 Å². The molecule has 2 amide bonds. The molecule has 3 rings (SSSR count). The number of rotatable bonds is 8. The molecular weight excluding hydrogens is 398 g/mol. The van der Waals surface area contributed by atoms with Gasteiger partial charge < -0.3 is 15.4 Å². The summed E-state index contributed by atoms with van der Waals surface area (Å²) >= 11 is 1.41. The third-order valence-electron chi connectivity index (χ3n) is 5.19. The number of hydrogen-bond acceptors (Lipinski definition) is 5. The summed E-state index contributed by atoms with van der Waals surface area (Å²) in [6.45, 7) is 6.42. The highest BCUT2D eigenvalue weighted by Crippen LogP contribution is 2.21. The molecule has 1 fully saturated rings. The number of carbonyl (C=O) groups is 2. The van der Waals surface area contributed by atoms with Crippen molar-refractivity contribution in [2.75, 3.05) is 0 Å². The van der Waals surface area contributed by atoms with E-state index in [0.29, 0.717) is 24.6 Å². The van der Waals surface area contributed by atoms with Crippen molar-refractivity contribution >= 4 is 23.2 Å². The number of amides is 2. The van der Waals surface area contributed by atoms with Gasteiger partial charge in [-0.05, 0) is 37.8 Å². The van der Waals surface area contributed by atoms with Crippen LogP contribution in [0.25, 0.3) is 0 Å². The van der Waals surface area contributed by atoms with E-state index in [2.05, 4.69) is 15.6 Å². The smallest absolute Gasteiger partial charge is 0.271 e. The molecule has 0 aliphatic heterocycles. The average molecular weight is 430 g/mol. The van der Waals surface area contributed by atoms with E-state index < -0.39 is 0 Å². The maximum atomic E-state index is 12.7. The SMILES string of the molecule is Cc1ccc(OCc2nc(C(=O)NC3CCCCC3NC(=O)CC(C)C)cs2)cc1. The van der Waals surface area contributed by atoms with Crippen molar-refractivity contribution in [3.05, 3.63) is 45.9 Å². The zero-order chi connectivity index (χ0) is 21.5. The van der Waals surface area contributed by atoms with Crippen LogP contribution in [-0.2, 0) is 11.4 Å². The van der Waals surface area contributed by atoms with E-state index >= 15 is 0 Å². The molecule has 1 aliphatic carbocycles. The summed E-state index contributed by atoms with van der Waals surface area (Å²) in [6, 6.07) is 7.77. The minimum Gasteiger partial charge on any atom is -0.486 e. The highest BCUT2D eigenvalue weighted by atomic mass is 32.1. The van der Waals surface area contributed by atoms with Gasteiger partial charge in [0.25, 0.3) is 5.91 Å². The van der Waals surface area contributed by atoms with Crippen LogP contribution in [-0.4, -0.2) is 28.9 Å². The summed E-state index contributed by atoms with van der Waals surface area (Å²) in [5.74, 6) is 0.962. The Morgan fingerprint density at radius 2 is 1.80 bits per heavy atom. The summed E-state index contributed by atoms with van der Waals surface area (Å²) < 4.78 is 5.75. The predicted octanol–water partition coefficient (Wildman–Crippen LogP) is 4.23. The van der Waals surface area contributed by atoms with Crippen molar-refractivity contribution in [1.29, 1.82) is 0 Å². The second-order valence-corrected chi connectivity index (χ2v) is 9.31. The Hall–Kier alpha value is -2.41. The molecule has 6 nitrogen and oxygen atoms in total. The minimum atomic E-state index is -0.192. The number of hydrogen-bond donors (Lipinski definition) is 2. The van der Waals surface area contributed by atoms with Gasteiger partial charge in [-0.15, -0.1) is 11.3 Å². The lowest BCUT2D eigenvalue weighted by atomic mass is 9.90. The zero-order valence-corrected chi connectivity index (χ0v) is 18.8. The van der Waals surface area contributed by atoms with Crippen molar-refractivity contribution < 1.29 is 14.3 Å². The van der Waals surface area contributed by atoms with Crippen LogP contribution in [0.5, 0.6) is 5.75 Å². The molecule has 0 bridgehead atoms. The number of thiazole rings is 1. The number of nitrogens with one attached hydrogen (secondary N) is 2. The summed E-state index contributed by atoms with van der Waals surface area (Å²) in [7, 11) is 0. The molecule has 1 aromatic carbocycles. The lowest BCUT2D eigenvalue weighted by Crippen LogP contribution is -2.53. The fourth-order valence-corrected chi connectivity index (χ4v) is 4.30. The third kappa shape index (κ3) is 6.55. The van der Waals surface area contributed by atoms with Gasteiger partial charge in [0, 0.05) is 23.9 Å². The number of benzene rings is 1. The molecule has 0 radical (unpaired) electrons. The van der Waals surface area contributed by atoms with E-state index in [1.165, 1.54) is 16.9 Å². The second kappa shape index (κ2) is 10.6. The van der Waals surface area contributed by atoms with Crippen molar-refractivity contribution in [3.8, 4) is 5.75 Å². The molecule has 162 valence electrons. The highest BCUT2D eigenvalue weighted by Gasteiger charge is 2.28. The monoisotopic (exact) mass is 429 g/mol. The summed E-state index contributed by atoms with van der Waals surface area (Å²) in [4.78, 5) is 29.3. The quantitative estimate of drug-likeness (QED) is 0.658. The van der Waals surface area contributed by atoms with E-state index in [9.17, 15) is 9.59 Å². The molecule has 1 heterocycles. The molecule has 1 aromatic heterocycles. The molecule has 1 saturated carbocycles. The van der Waals surface area contributed by atoms with Gasteiger partial charge in [-0.3, -0.25) is 9.59 Å². The van der Waals surface area contributed by atoms with E-state index in [1.807, 2.05) is 45.0 Å². The maximum absolute atomic E-state index is 12.7. The first-order chi connectivity index (χ1) is 14.4. The third-order valence-corrected chi connectivity index (χ3v) is 6.01. The Bertz CT molecular complexity index is 848. The standard InChI is InChI=1S/C23H31N3O3S/c1-15(2)12-21(27)24-18-6-4-5-7-19(18)26-23(28)20-14-30-22(25-20)13-29-17-10-8-16(3)9-11-17/h8-11,14-15,18-19H,4-7,12-13H2,1-3H3,(H,24,27)(H,26,28). The van der Waals surface area contributed by atoms with E-state index in [4.69, 9.17) is 4.74 Å². The Morgan fingerprint density at radius 1 is 1.13 bits per heavy atom. The molecule has 2 N–H and O–H groups in total. The van der Waals surface area contributed by atoms with Gasteiger partial charge in [0.2, 0.25) is 5.91 Å². The number of carbonyl (C=O) groups excluding carboxylic acids is 2. The van der Waals surface area contributed by atoms with Crippen molar-refractivity contribution in [3.63, 3.8) is 0 Å². The van der Waals surface area contributed by atoms with Crippen molar-refractivity contribution in [1.82, 2.24) is 15.6 Å². The molecule has 2 aromatic rings. The van der Waals surface area contributed by atoms with Gasteiger partial charge in [-0.2, -0.15) is 0 Å². The molecule has 30 heavy (non-hydrogen) atoms. The van der Waals surface area contributed by atoms with E-state index in [0.717, 1.165) is 36.4 Å². The number of aryl methyl sites for hydroxylation is 1. The minimum absolute atomic E-state index is 0.0167. The molecule has 0 saturated heterocycles. The van der Waals surface area contributed by atoms with Gasteiger partial charge >= 0.3 is 0 Å². The van der Waals surface area contributed by atoms with Crippen LogP contribution in [0.15, 0.2) is 29.6 Å². The summed E-state index contributed by atoms with van der Waals surface area (Å²) in [5.41, 5.74) is 1.58. The topological polar surface area (TPSA) is 80.3 Å². The fraction of sp³-hybridized carbons (Fsp3) is 0.522. The largest absolute Gasteiger partial charge is 0.486 e. The Kier molecular flexibility index (Phi) is 7.85. The van der Waals surface area contributed by atoms with Crippen molar-refractivity contribution in [2.45, 2.75) is 71.6 Å². The van der Waals surface area contributed by atoms with Crippen LogP contribution in [0.1, 0.15) is 67.0 Å². The van der Waals surface area contributed by atoms with Crippen LogP contribution in [0, 0.1) is 12.8 Å². The predicted molar refractivity (Wildman–Crippen MR) is 119 cm³/mol. The van der Waals surface area contributed by atoms with Crippen LogP contribution < -0.4 is 15.4 Å². The molecule has 2 unspecified atom stereocenters. The highest BCUT2D eigenvalue weighted by molar-refractivity contribution is 7.09. The van der Waals surface area contributed by atoms with Gasteiger partial charge in [0.05, 0.1) is 0 Å². The Morgan fingerprint density at radius 3 is 2.47 bits per heavy atom. The lowest BCUT2D eigenvalue weighted by Gasteiger charge is -2.32. The number of aromatic nitrogens is 1. The zero-order valence-electron chi connectivity index (χ0n) is 17.9. The first kappa shape index (κ1) is 22.3. The van der Waals surface area contributed by atoms with Crippen molar-refractivity contribution in [2.24, 2.45) is 5.92 Å². The normalized spacial score (nSPS) is 18.8. The van der Waals surface area contributed by atoms with Crippen LogP contribution >= 0.6 is 11.3 Å². The Balaban J connectivity index is 1.54. The van der Waals surface area contributed by atoms with Crippen LogP contribution in [0.4, 0.5) is 0 Å². The van der Waals surface area contributed by atoms with Gasteiger partial charge in [0.15, 0.2) is 0 Å². The average Bonchev–Trinajstić information content (AvgIpc) is 3.18. The fourth-order valence-electron chi connectivity index (χ4n) is 3.62. The number of nitrogens with zero attached hydrogens (tertiary/aromatic N) is 1. The molecule has 1 aliphatic rings. The first-order valence-corrected chi connectivity index (χ1v) is 11.5. The van der Waals surface area contributed by atoms with Gasteiger partial charge in [0.1, 0.15) is 23.1 Å². The summed E-state index contributed by atoms with van der Waals surface area (Å²) in [5, 5.41) is 8.72. The molecule has 2 atom stereocenters. The van der Waals surface area contributed by atoms with E-state index in [-0.39, 0.29) is 23.9 Å². The molecular formula is C23H31N3O3S. The van der Waals surface area contributed by atoms with Gasteiger partial charge in [-0.1, -0.05) is 44.4 Å². The van der Waals surface area contributed by atoms with Crippen LogP contribution in [0.2, 0.25) is 0 Å². The molecule has 0 spiro atoms. The molecule has 7 heteroatoms. The lowest BCUT2D eigenvalue weighted by molar-refractivity contribution is -0.122. The summed E-state index contributed by atoms with van der Waals surface area (Å²) in [6.07, 6.45) is 4.38. The number of ether oxygens (including phenoxy) is 1. The van der Waals surface area contributed by atoms with E-state index in [1.54, 1.807) is 5.38 Å². The first-order valence-electron chi connectivity index (χ1n) is 10.6. The maximum Gasteiger partial charge on any atom is 0.271 e. The Labute approximate surface area is 182 Å².